The maximum Gasteiger partial charge on any atom is 0.240 e. The van der Waals surface area contributed by atoms with Crippen LogP contribution in [0.5, 0.6) is 0 Å². The molecule has 1 N–H and O–H groups in total. The summed E-state index contributed by atoms with van der Waals surface area (Å²) < 4.78 is 13.3. The maximum atomic E-state index is 13.3. The van der Waals surface area contributed by atoms with Crippen LogP contribution in [-0.4, -0.2) is 29.9 Å². The van der Waals surface area contributed by atoms with E-state index >= 15 is 0 Å². The van der Waals surface area contributed by atoms with Gasteiger partial charge in [0.05, 0.1) is 11.1 Å². The molecule has 1 aliphatic heterocycles. The van der Waals surface area contributed by atoms with Crippen LogP contribution in [0.1, 0.15) is 18.9 Å². The first-order valence-electron chi connectivity index (χ1n) is 6.08. The van der Waals surface area contributed by atoms with Gasteiger partial charge in [0, 0.05) is 19.6 Å². The van der Waals surface area contributed by atoms with Crippen molar-refractivity contribution >= 4 is 17.5 Å². The van der Waals surface area contributed by atoms with Gasteiger partial charge in [-0.05, 0) is 18.1 Å². The number of amides is 1. The second kappa shape index (κ2) is 5.67. The zero-order valence-electron chi connectivity index (χ0n) is 10.2. The van der Waals surface area contributed by atoms with E-state index in [1.165, 1.54) is 6.07 Å². The Bertz CT molecular complexity index is 453. The van der Waals surface area contributed by atoms with Crippen molar-refractivity contribution in [2.75, 3.05) is 13.1 Å². The van der Waals surface area contributed by atoms with Crippen molar-refractivity contribution in [3.63, 3.8) is 0 Å². The molecule has 1 heterocycles. The molecule has 1 saturated heterocycles. The van der Waals surface area contributed by atoms with E-state index in [1.54, 1.807) is 17.0 Å². The van der Waals surface area contributed by atoms with Crippen molar-refractivity contribution in [3.8, 4) is 0 Å². The number of rotatable bonds is 3. The zero-order valence-corrected chi connectivity index (χ0v) is 11.0. The highest BCUT2D eigenvalue weighted by atomic mass is 35.5. The molecule has 18 heavy (non-hydrogen) atoms. The molecule has 1 aromatic carbocycles. The van der Waals surface area contributed by atoms with Crippen LogP contribution in [-0.2, 0) is 11.3 Å². The van der Waals surface area contributed by atoms with Gasteiger partial charge < -0.3 is 10.2 Å². The van der Waals surface area contributed by atoms with Crippen molar-refractivity contribution in [3.05, 3.63) is 34.6 Å². The third-order valence-corrected chi connectivity index (χ3v) is 3.61. The average Bonchev–Trinajstić information content (AvgIpc) is 2.37. The number of carbonyl (C=O) groups is 1. The molecular formula is C13H16ClFN2O. The summed E-state index contributed by atoms with van der Waals surface area (Å²) in [4.78, 5) is 13.8. The number of nitrogens with zero attached hydrogens (tertiary/aromatic N) is 1. The third-order valence-electron chi connectivity index (χ3n) is 3.18. The van der Waals surface area contributed by atoms with Crippen LogP contribution in [0, 0.1) is 5.82 Å². The number of carbonyl (C=O) groups excluding carboxylic acids is 1. The molecule has 1 amide bonds. The predicted molar refractivity (Wildman–Crippen MR) is 68.9 cm³/mol. The number of halogens is 2. The van der Waals surface area contributed by atoms with E-state index in [4.69, 9.17) is 11.6 Å². The largest absolute Gasteiger partial charge is 0.336 e. The maximum absolute atomic E-state index is 13.3. The second-order valence-corrected chi connectivity index (χ2v) is 4.77. The van der Waals surface area contributed by atoms with Crippen LogP contribution in [0.4, 0.5) is 4.39 Å². The molecule has 0 radical (unpaired) electrons. The molecule has 1 aromatic rings. The molecule has 1 unspecified atom stereocenters. The van der Waals surface area contributed by atoms with Gasteiger partial charge in [0.2, 0.25) is 5.91 Å². The number of hydrogen-bond acceptors (Lipinski definition) is 2. The number of piperazine rings is 1. The number of hydrogen-bond donors (Lipinski definition) is 1. The monoisotopic (exact) mass is 270 g/mol. The Labute approximate surface area is 111 Å². The lowest BCUT2D eigenvalue weighted by atomic mass is 10.1. The van der Waals surface area contributed by atoms with E-state index in [-0.39, 0.29) is 17.0 Å². The van der Waals surface area contributed by atoms with Crippen molar-refractivity contribution in [1.29, 1.82) is 0 Å². The first kappa shape index (κ1) is 13.3. The summed E-state index contributed by atoms with van der Waals surface area (Å²) in [7, 11) is 0. The van der Waals surface area contributed by atoms with E-state index in [2.05, 4.69) is 5.32 Å². The van der Waals surface area contributed by atoms with Crippen molar-refractivity contribution in [2.24, 2.45) is 0 Å². The summed E-state index contributed by atoms with van der Waals surface area (Å²) in [5, 5.41) is 3.27. The van der Waals surface area contributed by atoms with Gasteiger partial charge in [0.25, 0.3) is 0 Å². The summed E-state index contributed by atoms with van der Waals surface area (Å²) in [6.07, 6.45) is 0.756. The van der Waals surface area contributed by atoms with Crippen LogP contribution < -0.4 is 5.32 Å². The Morgan fingerprint density at radius 3 is 3.06 bits per heavy atom. The Morgan fingerprint density at radius 1 is 1.56 bits per heavy atom. The van der Waals surface area contributed by atoms with E-state index in [1.807, 2.05) is 6.92 Å². The minimum Gasteiger partial charge on any atom is -0.336 e. The van der Waals surface area contributed by atoms with E-state index in [0.717, 1.165) is 13.0 Å². The molecule has 0 bridgehead atoms. The lowest BCUT2D eigenvalue weighted by Crippen LogP contribution is -2.54. The standard InChI is InChI=1S/C13H16ClFN2O/c1-2-11-13(18)17(7-6-16-11)8-9-4-3-5-10(15)12(9)14/h3-5,11,16H,2,6-8H2,1H3. The summed E-state index contributed by atoms with van der Waals surface area (Å²) in [5.74, 6) is -0.382. The van der Waals surface area contributed by atoms with Crippen LogP contribution in [0.2, 0.25) is 5.02 Å². The molecule has 0 aromatic heterocycles. The molecule has 2 rings (SSSR count). The molecule has 5 heteroatoms. The van der Waals surface area contributed by atoms with Crippen molar-refractivity contribution in [2.45, 2.75) is 25.9 Å². The highest BCUT2D eigenvalue weighted by Crippen LogP contribution is 2.22. The highest BCUT2D eigenvalue weighted by Gasteiger charge is 2.27. The molecule has 98 valence electrons. The SMILES string of the molecule is CCC1NCCN(Cc2cccc(F)c2Cl)C1=O. The zero-order chi connectivity index (χ0) is 13.1. The third kappa shape index (κ3) is 2.65. The van der Waals surface area contributed by atoms with Gasteiger partial charge in [-0.25, -0.2) is 4.39 Å². The van der Waals surface area contributed by atoms with Gasteiger partial charge in [-0.1, -0.05) is 30.7 Å². The number of benzene rings is 1. The first-order chi connectivity index (χ1) is 8.63. The Hall–Kier alpha value is -1.13. The fraction of sp³-hybridized carbons (Fsp3) is 0.462. The fourth-order valence-corrected chi connectivity index (χ4v) is 2.33. The molecule has 1 aliphatic rings. The van der Waals surface area contributed by atoms with Crippen LogP contribution in [0.25, 0.3) is 0 Å². The molecule has 1 atom stereocenters. The average molecular weight is 271 g/mol. The quantitative estimate of drug-likeness (QED) is 0.913. The Kier molecular flexibility index (Phi) is 4.19. The minimum atomic E-state index is -0.441. The molecule has 3 nitrogen and oxygen atoms in total. The van der Waals surface area contributed by atoms with Gasteiger partial charge in [-0.2, -0.15) is 0 Å². The van der Waals surface area contributed by atoms with Crippen molar-refractivity contribution < 1.29 is 9.18 Å². The highest BCUT2D eigenvalue weighted by molar-refractivity contribution is 6.31. The predicted octanol–water partition coefficient (Wildman–Crippen LogP) is 2.19. The minimum absolute atomic E-state index is 0.0593. The van der Waals surface area contributed by atoms with Gasteiger partial charge in [0.15, 0.2) is 0 Å². The first-order valence-corrected chi connectivity index (χ1v) is 6.46. The van der Waals surface area contributed by atoms with Crippen LogP contribution in [0.15, 0.2) is 18.2 Å². The smallest absolute Gasteiger partial charge is 0.240 e. The molecule has 1 fully saturated rings. The normalized spacial score (nSPS) is 20.3. The van der Waals surface area contributed by atoms with E-state index in [9.17, 15) is 9.18 Å². The van der Waals surface area contributed by atoms with Gasteiger partial charge in [0.1, 0.15) is 5.82 Å². The Morgan fingerprint density at radius 2 is 2.33 bits per heavy atom. The molecule has 0 aliphatic carbocycles. The summed E-state index contributed by atoms with van der Waals surface area (Å²) in [6, 6.07) is 4.55. The molecule has 0 saturated carbocycles. The summed E-state index contributed by atoms with van der Waals surface area (Å²) >= 11 is 5.90. The van der Waals surface area contributed by atoms with Crippen LogP contribution in [0.3, 0.4) is 0 Å². The summed E-state index contributed by atoms with van der Waals surface area (Å²) in [5.41, 5.74) is 0.654. The van der Waals surface area contributed by atoms with Crippen molar-refractivity contribution in [1.82, 2.24) is 10.2 Å². The lowest BCUT2D eigenvalue weighted by molar-refractivity contribution is -0.136. The lowest BCUT2D eigenvalue weighted by Gasteiger charge is -2.33. The van der Waals surface area contributed by atoms with Gasteiger partial charge in [-0.15, -0.1) is 0 Å². The van der Waals surface area contributed by atoms with E-state index < -0.39 is 5.82 Å². The molecule has 0 spiro atoms. The topological polar surface area (TPSA) is 32.3 Å². The second-order valence-electron chi connectivity index (χ2n) is 4.39. The fourth-order valence-electron chi connectivity index (χ4n) is 2.14. The number of nitrogens with one attached hydrogen (secondary N) is 1. The molecular weight excluding hydrogens is 255 g/mol. The Balaban J connectivity index is 2.13. The van der Waals surface area contributed by atoms with Gasteiger partial charge in [-0.3, -0.25) is 4.79 Å². The van der Waals surface area contributed by atoms with Crippen LogP contribution >= 0.6 is 11.6 Å². The summed E-state index contributed by atoms with van der Waals surface area (Å²) in [6.45, 7) is 3.72. The van der Waals surface area contributed by atoms with E-state index in [0.29, 0.717) is 18.7 Å². The van der Waals surface area contributed by atoms with Gasteiger partial charge >= 0.3 is 0 Å².